The van der Waals surface area contributed by atoms with Crippen LogP contribution in [0.25, 0.3) is 33.7 Å². The van der Waals surface area contributed by atoms with E-state index in [0.29, 0.717) is 36.4 Å². The Morgan fingerprint density at radius 3 is 2.60 bits per heavy atom. The molecule has 9 heteroatoms. The average Bonchev–Trinajstić information content (AvgIpc) is 3.69. The van der Waals surface area contributed by atoms with Crippen LogP contribution < -0.4 is 10.1 Å². The number of carbonyl (C=O) groups excluding carboxylic acids is 1. The summed E-state index contributed by atoms with van der Waals surface area (Å²) in [5.41, 5.74) is 3.79. The summed E-state index contributed by atoms with van der Waals surface area (Å²) < 4.78 is 47.0. The van der Waals surface area contributed by atoms with Gasteiger partial charge in [0.25, 0.3) is 0 Å². The van der Waals surface area contributed by atoms with E-state index in [4.69, 9.17) is 4.74 Å². The fourth-order valence-corrected chi connectivity index (χ4v) is 5.28. The second kappa shape index (κ2) is 13.7. The summed E-state index contributed by atoms with van der Waals surface area (Å²) in [6, 6.07) is 19.9. The third-order valence-electron chi connectivity index (χ3n) is 7.39. The molecule has 0 unspecified atom stereocenters. The predicted octanol–water partition coefficient (Wildman–Crippen LogP) is 7.09. The number of benzene rings is 3. The van der Waals surface area contributed by atoms with E-state index in [2.05, 4.69) is 15.5 Å². The van der Waals surface area contributed by atoms with E-state index in [-0.39, 0.29) is 11.5 Å². The van der Waals surface area contributed by atoms with Crippen LogP contribution in [-0.2, 0) is 4.79 Å². The number of allylic oxidation sites excluding steroid dienone is 1. The van der Waals surface area contributed by atoms with E-state index in [1.165, 1.54) is 0 Å². The molecule has 4 aromatic rings. The van der Waals surface area contributed by atoms with Gasteiger partial charge in [0.2, 0.25) is 5.91 Å². The molecule has 220 valence electrons. The zero-order valence-corrected chi connectivity index (χ0v) is 23.4. The van der Waals surface area contributed by atoms with Crippen molar-refractivity contribution in [2.45, 2.75) is 38.3 Å². The zero-order chi connectivity index (χ0) is 29.4. The van der Waals surface area contributed by atoms with E-state index in [1.54, 1.807) is 48.7 Å². The molecule has 5 rings (SSSR count). The first kappa shape index (κ1) is 29.4. The standard InChI is InChI=1S/C33H35F3N4O2/c34-33(35,36)22-26(30-7-2-1-6-29(30)25-11-14-31-27(21-25)23-38-39-31)20-24-9-12-28(13-10-24)42-19-16-37-15-5-8-32(41)40-17-3-4-18-40/h1-2,6-7,9-14,20-21,23,37H,3-5,8,15-19,22H2,(H,38,39)/b26-20+. The van der Waals surface area contributed by atoms with Gasteiger partial charge in [0.05, 0.1) is 18.1 Å². The molecule has 2 heterocycles. The number of ether oxygens (including phenoxy) is 1. The lowest BCUT2D eigenvalue weighted by Crippen LogP contribution is -2.29. The van der Waals surface area contributed by atoms with Gasteiger partial charge in [-0.05, 0) is 77.9 Å². The topological polar surface area (TPSA) is 70.2 Å². The van der Waals surface area contributed by atoms with Crippen LogP contribution in [0.3, 0.4) is 0 Å². The number of nitrogens with one attached hydrogen (secondary N) is 2. The molecule has 0 spiro atoms. The maximum atomic E-state index is 13.7. The second-order valence-electron chi connectivity index (χ2n) is 10.5. The number of aromatic amines is 1. The van der Waals surface area contributed by atoms with Crippen molar-refractivity contribution in [2.75, 3.05) is 32.8 Å². The van der Waals surface area contributed by atoms with Crippen molar-refractivity contribution >= 4 is 28.5 Å². The summed E-state index contributed by atoms with van der Waals surface area (Å²) in [5, 5.41) is 11.1. The summed E-state index contributed by atoms with van der Waals surface area (Å²) in [6.07, 6.45) is 1.43. The Morgan fingerprint density at radius 1 is 1.02 bits per heavy atom. The van der Waals surface area contributed by atoms with Gasteiger partial charge >= 0.3 is 6.18 Å². The molecule has 2 N–H and O–H groups in total. The van der Waals surface area contributed by atoms with Crippen molar-refractivity contribution in [3.63, 3.8) is 0 Å². The molecule has 1 fully saturated rings. The number of aromatic nitrogens is 2. The zero-order valence-electron chi connectivity index (χ0n) is 23.4. The molecule has 0 radical (unpaired) electrons. The first-order valence-electron chi connectivity index (χ1n) is 14.4. The number of amides is 1. The normalized spacial score (nSPS) is 14.1. The van der Waals surface area contributed by atoms with Crippen LogP contribution in [0.5, 0.6) is 5.75 Å². The lowest BCUT2D eigenvalue weighted by molar-refractivity contribution is -0.130. The Hall–Kier alpha value is -4.11. The van der Waals surface area contributed by atoms with Crippen molar-refractivity contribution in [1.29, 1.82) is 0 Å². The highest BCUT2D eigenvalue weighted by atomic mass is 19.4. The highest BCUT2D eigenvalue weighted by Crippen LogP contribution is 2.37. The van der Waals surface area contributed by atoms with Gasteiger partial charge in [-0.1, -0.05) is 48.5 Å². The van der Waals surface area contributed by atoms with Crippen LogP contribution in [0.1, 0.15) is 43.2 Å². The number of hydrogen-bond acceptors (Lipinski definition) is 4. The van der Waals surface area contributed by atoms with Crippen molar-refractivity contribution in [2.24, 2.45) is 0 Å². The van der Waals surface area contributed by atoms with E-state index >= 15 is 0 Å². The highest BCUT2D eigenvalue weighted by Gasteiger charge is 2.30. The van der Waals surface area contributed by atoms with Gasteiger partial charge in [-0.25, -0.2) is 0 Å². The molecule has 3 aromatic carbocycles. The van der Waals surface area contributed by atoms with Crippen molar-refractivity contribution in [3.8, 4) is 16.9 Å². The van der Waals surface area contributed by atoms with E-state index in [1.807, 2.05) is 35.2 Å². The van der Waals surface area contributed by atoms with E-state index in [0.717, 1.165) is 60.9 Å². The van der Waals surface area contributed by atoms with Crippen molar-refractivity contribution in [1.82, 2.24) is 20.4 Å². The Balaban J connectivity index is 1.20. The third kappa shape index (κ3) is 8.00. The molecule has 1 aliphatic heterocycles. The highest BCUT2D eigenvalue weighted by molar-refractivity contribution is 5.92. The summed E-state index contributed by atoms with van der Waals surface area (Å²) in [7, 11) is 0. The largest absolute Gasteiger partial charge is 0.492 e. The molecule has 1 saturated heterocycles. The van der Waals surface area contributed by atoms with Crippen LogP contribution in [0, 0.1) is 0 Å². The second-order valence-corrected chi connectivity index (χ2v) is 10.5. The van der Waals surface area contributed by atoms with Gasteiger partial charge in [0, 0.05) is 31.4 Å². The molecule has 0 atom stereocenters. The van der Waals surface area contributed by atoms with Crippen molar-refractivity contribution < 1.29 is 22.7 Å². The van der Waals surface area contributed by atoms with Crippen LogP contribution in [0.2, 0.25) is 0 Å². The number of alkyl halides is 3. The summed E-state index contributed by atoms with van der Waals surface area (Å²) >= 11 is 0. The van der Waals surface area contributed by atoms with E-state index < -0.39 is 12.6 Å². The smallest absolute Gasteiger partial charge is 0.393 e. The first-order chi connectivity index (χ1) is 20.4. The Bertz CT molecular complexity index is 1510. The lowest BCUT2D eigenvalue weighted by atomic mass is 9.91. The number of fused-ring (bicyclic) bond motifs is 1. The Kier molecular flexibility index (Phi) is 9.59. The number of hydrogen-bond donors (Lipinski definition) is 2. The predicted molar refractivity (Wildman–Crippen MR) is 160 cm³/mol. The minimum absolute atomic E-state index is 0.187. The molecule has 1 amide bonds. The maximum Gasteiger partial charge on any atom is 0.393 e. The number of carbonyl (C=O) groups is 1. The number of nitrogens with zero attached hydrogens (tertiary/aromatic N) is 2. The van der Waals surface area contributed by atoms with Crippen LogP contribution in [0.15, 0.2) is 72.9 Å². The van der Waals surface area contributed by atoms with E-state index in [9.17, 15) is 18.0 Å². The molecular formula is C33H35F3N4O2. The minimum Gasteiger partial charge on any atom is -0.492 e. The molecule has 6 nitrogen and oxygen atoms in total. The summed E-state index contributed by atoms with van der Waals surface area (Å²) in [4.78, 5) is 14.0. The average molecular weight is 577 g/mol. The summed E-state index contributed by atoms with van der Waals surface area (Å²) in [6.45, 7) is 3.59. The fraction of sp³-hybridized carbons (Fsp3) is 0.333. The quantitative estimate of drug-likeness (QED) is 0.140. The Labute approximate surface area is 243 Å². The molecule has 0 aliphatic carbocycles. The fourth-order valence-electron chi connectivity index (χ4n) is 5.28. The minimum atomic E-state index is -4.37. The van der Waals surface area contributed by atoms with Crippen molar-refractivity contribution in [3.05, 3.63) is 84.1 Å². The number of H-pyrrole nitrogens is 1. The van der Waals surface area contributed by atoms with Gasteiger partial charge < -0.3 is 15.0 Å². The van der Waals surface area contributed by atoms with Gasteiger partial charge in [-0.15, -0.1) is 0 Å². The number of likely N-dealkylation sites (tertiary alicyclic amines) is 1. The number of rotatable bonds is 12. The molecule has 42 heavy (non-hydrogen) atoms. The third-order valence-corrected chi connectivity index (χ3v) is 7.39. The summed E-state index contributed by atoms with van der Waals surface area (Å²) in [5.74, 6) is 0.877. The first-order valence-corrected chi connectivity index (χ1v) is 14.4. The van der Waals surface area contributed by atoms with Gasteiger partial charge in [0.15, 0.2) is 0 Å². The molecule has 0 bridgehead atoms. The van der Waals surface area contributed by atoms with Gasteiger partial charge in [0.1, 0.15) is 12.4 Å². The molecule has 1 aliphatic rings. The van der Waals surface area contributed by atoms with Gasteiger partial charge in [-0.2, -0.15) is 18.3 Å². The molecule has 0 saturated carbocycles. The van der Waals surface area contributed by atoms with Gasteiger partial charge in [-0.3, -0.25) is 9.89 Å². The lowest BCUT2D eigenvalue weighted by Gasteiger charge is -2.16. The van der Waals surface area contributed by atoms with Crippen LogP contribution >= 0.6 is 0 Å². The number of halogens is 3. The molecule has 1 aromatic heterocycles. The SMILES string of the molecule is O=C(CCCNCCOc1ccc(/C=C(\CC(F)(F)F)c2ccccc2-c2ccc3[nH]ncc3c2)cc1)N1CCCC1. The van der Waals surface area contributed by atoms with Crippen LogP contribution in [0.4, 0.5) is 13.2 Å². The molecular weight excluding hydrogens is 541 g/mol. The maximum absolute atomic E-state index is 13.7. The monoisotopic (exact) mass is 576 g/mol. The van der Waals surface area contributed by atoms with Crippen LogP contribution in [-0.4, -0.2) is 60.0 Å². The Morgan fingerprint density at radius 2 is 1.81 bits per heavy atom.